The van der Waals surface area contributed by atoms with Gasteiger partial charge >= 0.3 is 0 Å². The standard InChI is InChI=1S/2C7H2N.5Al/c2*8-6-7-4-2-1-3-5-7;;;;;/h2*2-3H;;;;;. The number of hydrogen-bond donors (Lipinski definition) is 0. The van der Waals surface area contributed by atoms with Gasteiger partial charge < -0.3 is 0 Å². The van der Waals surface area contributed by atoms with Gasteiger partial charge in [0.1, 0.15) is 0 Å². The first-order chi connectivity index (χ1) is 9.96. The van der Waals surface area contributed by atoms with Crippen LogP contribution < -0.4 is 26.6 Å². The highest BCUT2D eigenvalue weighted by Gasteiger charge is 2.08. The van der Waals surface area contributed by atoms with E-state index in [0.29, 0.717) is 11.1 Å². The van der Waals surface area contributed by atoms with Crippen LogP contribution >= 0.6 is 0 Å². The molecule has 0 aliphatic rings. The van der Waals surface area contributed by atoms with Gasteiger partial charge in [0.2, 0.25) is 0 Å². The second kappa shape index (κ2) is 7.57. The molecule has 0 saturated carbocycles. The zero-order valence-electron chi connectivity index (χ0n) is 11.1. The van der Waals surface area contributed by atoms with Crippen molar-refractivity contribution in [3.05, 3.63) is 35.4 Å². The molecule has 9 radical (unpaired) electrons. The molecule has 0 amide bonds. The van der Waals surface area contributed by atoms with Crippen LogP contribution in [0.2, 0.25) is 0 Å². The van der Waals surface area contributed by atoms with Gasteiger partial charge in [-0.15, -0.1) is 26.6 Å². The Morgan fingerprint density at radius 3 is 1.19 bits per heavy atom. The molecule has 0 bridgehead atoms. The molecular weight excluding hydrogens is 331 g/mol. The van der Waals surface area contributed by atoms with Gasteiger partial charge in [0.05, 0.1) is 12.1 Å². The average molecular weight is 335 g/mol. The predicted octanol–water partition coefficient (Wildman–Crippen LogP) is -3.74. The summed E-state index contributed by atoms with van der Waals surface area (Å²) in [6.07, 6.45) is 0. The molecule has 0 unspecified atom stereocenters. The first kappa shape index (κ1) is 17.4. The topological polar surface area (TPSA) is 47.6 Å². The highest BCUT2D eigenvalue weighted by molar-refractivity contribution is 6.69. The van der Waals surface area contributed by atoms with Gasteiger partial charge in [-0.05, 0) is 0 Å². The lowest BCUT2D eigenvalue weighted by molar-refractivity contribution is 1.51. The molecule has 0 aromatic heterocycles. The molecule has 7 heteroatoms. The van der Waals surface area contributed by atoms with Crippen LogP contribution in [0.25, 0.3) is 0 Å². The molecule has 0 aliphatic heterocycles. The van der Waals surface area contributed by atoms with Gasteiger partial charge in [-0.1, -0.05) is 24.3 Å². The summed E-state index contributed by atoms with van der Waals surface area (Å²) in [5, 5.41) is 18.2. The van der Waals surface area contributed by atoms with Crippen LogP contribution in [-0.2, 0) is 0 Å². The third-order valence-electron chi connectivity index (χ3n) is 3.00. The van der Waals surface area contributed by atoms with E-state index in [-0.39, 0.29) is 15.2 Å². The van der Waals surface area contributed by atoms with Gasteiger partial charge in [0.25, 0.3) is 15.2 Å². The van der Waals surface area contributed by atoms with Crippen LogP contribution in [0.4, 0.5) is 0 Å². The van der Waals surface area contributed by atoms with Crippen LogP contribution in [0.3, 0.4) is 0 Å². The summed E-state index contributed by atoms with van der Waals surface area (Å²) in [6, 6.07) is 12.6. The molecule has 2 aromatic carbocycles. The van der Waals surface area contributed by atoms with E-state index in [1.165, 1.54) is 8.85 Å². The van der Waals surface area contributed by atoms with Crippen LogP contribution in [0, 0.1) is 22.7 Å². The zero-order chi connectivity index (χ0) is 15.6. The van der Waals surface area contributed by atoms with Crippen molar-refractivity contribution >= 4 is 107 Å². The first-order valence-electron chi connectivity index (χ1n) is 5.99. The van der Waals surface area contributed by atoms with Crippen molar-refractivity contribution in [3.63, 3.8) is 0 Å². The summed E-state index contributed by atoms with van der Waals surface area (Å²) in [5.74, 6) is 0. The largest absolute Gasteiger partial charge is 0.298 e. The molecule has 2 rings (SSSR count). The monoisotopic (exact) mass is 335 g/mol. The zero-order valence-corrected chi connectivity index (χ0v) is 16.9. The van der Waals surface area contributed by atoms with Gasteiger partial charge in [-0.3, -0.25) is 0 Å². The molecule has 85 valence electrons. The Hall–Kier alpha value is 0.0823. The van der Waals surface area contributed by atoms with Crippen LogP contribution in [0.1, 0.15) is 11.1 Å². The van der Waals surface area contributed by atoms with Gasteiger partial charge in [0.15, 0.2) is 65.2 Å². The molecule has 2 aromatic rings. The highest BCUT2D eigenvalue weighted by atomic mass is 27.1. The molecule has 0 spiro atoms. The van der Waals surface area contributed by atoms with E-state index < -0.39 is 0 Å². The third-order valence-corrected chi connectivity index (χ3v) is 6.16. The van der Waals surface area contributed by atoms with E-state index in [9.17, 15) is 0 Å². The van der Waals surface area contributed by atoms with Crippen LogP contribution in [0.5, 0.6) is 0 Å². The fourth-order valence-electron chi connectivity index (χ4n) is 2.04. The minimum Gasteiger partial charge on any atom is -0.193 e. The van der Waals surface area contributed by atoms with E-state index in [4.69, 9.17) is 10.5 Å². The van der Waals surface area contributed by atoms with Gasteiger partial charge in [-0.25, -0.2) is 0 Å². The second-order valence-corrected chi connectivity index (χ2v) is 8.63. The first-order valence-corrected chi connectivity index (χ1v) is 9.45. The summed E-state index contributed by atoms with van der Waals surface area (Å²) in [7, 11) is 0. The van der Waals surface area contributed by atoms with Crippen molar-refractivity contribution in [2.45, 2.75) is 0 Å². The van der Waals surface area contributed by atoms with E-state index in [2.05, 4.69) is 102 Å². The normalized spacial score (nSPS) is 9.62. The van der Waals surface area contributed by atoms with Crippen molar-refractivity contribution in [1.82, 2.24) is 0 Å². The molecular formula is C14H4Al5N2. The number of benzene rings is 2. The molecule has 0 atom stereocenters. The summed E-state index contributed by atoms with van der Waals surface area (Å²) in [6.45, 7) is 0. The number of nitriles is 2. The minimum absolute atomic E-state index is 0.0767. The van der Waals surface area contributed by atoms with Crippen molar-refractivity contribution in [2.24, 2.45) is 0 Å². The van der Waals surface area contributed by atoms with Crippen molar-refractivity contribution < 1.29 is 0 Å². The predicted molar refractivity (Wildman–Crippen MR) is 88.9 cm³/mol. The molecule has 0 heterocycles. The van der Waals surface area contributed by atoms with E-state index in [1.807, 2.05) is 0 Å². The Bertz CT molecular complexity index is 688. The van der Waals surface area contributed by atoms with E-state index >= 15 is 0 Å². The maximum Gasteiger partial charge on any atom is 0.298 e. The molecule has 0 fully saturated rings. The molecule has 21 heavy (non-hydrogen) atoms. The summed E-state index contributed by atoms with van der Waals surface area (Å²) < 4.78 is 6.17. The Kier molecular flexibility index (Phi) is 6.28. The Labute approximate surface area is 163 Å². The number of rotatable bonds is 2. The smallest absolute Gasteiger partial charge is 0.193 e. The van der Waals surface area contributed by atoms with Gasteiger partial charge in [-0.2, -0.15) is 10.5 Å². The third kappa shape index (κ3) is 4.09. The van der Waals surface area contributed by atoms with E-state index in [1.54, 1.807) is 0 Å². The molecule has 0 aliphatic carbocycles. The Balaban J connectivity index is 2.40. The van der Waals surface area contributed by atoms with Crippen molar-refractivity contribution in [1.29, 1.82) is 10.5 Å². The van der Waals surface area contributed by atoms with E-state index in [0.717, 1.165) is 17.7 Å². The Morgan fingerprint density at radius 2 is 0.952 bits per heavy atom. The average Bonchev–Trinajstić information content (AvgIpc) is 2.38. The molecule has 0 saturated heterocycles. The molecule has 0 N–H and O–H groups in total. The van der Waals surface area contributed by atoms with Crippen molar-refractivity contribution in [3.8, 4) is 12.1 Å². The SMILES string of the molecule is N#Cc1[c]([Al])c[c]([Al][c]2c[c]([Al])c(C#N)[c]([Al])c2)c[c]1[Al]. The molecule has 2 nitrogen and oxygen atoms in total. The fourth-order valence-corrected chi connectivity index (χ4v) is 6.28. The maximum absolute atomic E-state index is 9.10. The number of hydrogen-bond acceptors (Lipinski definition) is 2. The maximum atomic E-state index is 9.10. The lowest BCUT2D eigenvalue weighted by Crippen LogP contribution is -2.38. The van der Waals surface area contributed by atoms with Crippen molar-refractivity contribution in [2.75, 3.05) is 0 Å². The Morgan fingerprint density at radius 1 is 0.667 bits per heavy atom. The van der Waals surface area contributed by atoms with Gasteiger partial charge in [0, 0.05) is 11.1 Å². The summed E-state index contributed by atoms with van der Waals surface area (Å²) >= 11 is 10.4. The summed E-state index contributed by atoms with van der Waals surface area (Å²) in [5.41, 5.74) is 1.40. The summed E-state index contributed by atoms with van der Waals surface area (Å²) in [4.78, 5) is 0. The second-order valence-electron chi connectivity index (χ2n) is 4.52. The lowest BCUT2D eigenvalue weighted by atomic mass is 10.2. The minimum atomic E-state index is -0.0767. The quantitative estimate of drug-likeness (QED) is 0.530. The van der Waals surface area contributed by atoms with Crippen LogP contribution in [0.15, 0.2) is 24.3 Å². The fraction of sp³-hybridized carbons (Fsp3) is 0. The lowest BCUT2D eigenvalue weighted by Gasteiger charge is -2.12. The number of nitrogens with zero attached hydrogens (tertiary/aromatic N) is 2. The highest BCUT2D eigenvalue weighted by Crippen LogP contribution is 1.88. The van der Waals surface area contributed by atoms with Crippen LogP contribution in [-0.4, -0.2) is 80.4 Å².